The molecular weight excluding hydrogens is 500 g/mol. The zero-order valence-electron chi connectivity index (χ0n) is 26.9. The molecular formula is C35H68O5. The first kappa shape index (κ1) is 38.9. The summed E-state index contributed by atoms with van der Waals surface area (Å²) in [5.74, 6) is -0.555. The summed E-state index contributed by atoms with van der Waals surface area (Å²) in [4.78, 5) is 23.8. The molecule has 1 atom stereocenters. The molecule has 0 aliphatic carbocycles. The maximum Gasteiger partial charge on any atom is 0.305 e. The van der Waals surface area contributed by atoms with Gasteiger partial charge in [0, 0.05) is 12.8 Å². The van der Waals surface area contributed by atoms with E-state index in [1.165, 1.54) is 141 Å². The maximum atomic E-state index is 11.9. The maximum absolute atomic E-state index is 11.9. The highest BCUT2D eigenvalue weighted by Gasteiger charge is 2.12. The van der Waals surface area contributed by atoms with E-state index in [9.17, 15) is 14.7 Å². The number of aliphatic hydroxyl groups is 1. The molecule has 0 unspecified atom stereocenters. The summed E-state index contributed by atoms with van der Waals surface area (Å²) < 4.78 is 10.3. The minimum absolute atomic E-state index is 0.108. The molecule has 0 saturated heterocycles. The van der Waals surface area contributed by atoms with E-state index in [2.05, 4.69) is 13.8 Å². The number of unbranched alkanes of at least 4 members (excludes halogenated alkanes) is 24. The number of hydrogen-bond donors (Lipinski definition) is 1. The highest BCUT2D eigenvalue weighted by atomic mass is 16.6. The molecule has 0 amide bonds. The Morgan fingerprint density at radius 3 is 0.900 bits per heavy atom. The third kappa shape index (κ3) is 31.4. The molecule has 0 aromatic carbocycles. The van der Waals surface area contributed by atoms with Gasteiger partial charge in [0.15, 0.2) is 0 Å². The Balaban J connectivity index is 3.39. The Kier molecular flexibility index (Phi) is 31.5. The largest absolute Gasteiger partial charge is 0.463 e. The molecule has 0 aliphatic heterocycles. The molecule has 238 valence electrons. The van der Waals surface area contributed by atoms with Gasteiger partial charge in [0.1, 0.15) is 19.3 Å². The highest BCUT2D eigenvalue weighted by molar-refractivity contribution is 5.69. The van der Waals surface area contributed by atoms with E-state index in [0.29, 0.717) is 12.8 Å². The SMILES string of the molecule is CCCCCCCCCCCCCCCCC(=O)OC[C@@H](O)COC(=O)CCCCCCCCCCCCCC. The second-order valence-corrected chi connectivity index (χ2v) is 12.0. The number of carbonyl (C=O) groups excluding carboxylic acids is 2. The van der Waals surface area contributed by atoms with Crippen LogP contribution in [0.1, 0.15) is 194 Å². The first-order valence-corrected chi connectivity index (χ1v) is 17.6. The van der Waals surface area contributed by atoms with Crippen molar-refractivity contribution in [2.45, 2.75) is 200 Å². The summed E-state index contributed by atoms with van der Waals surface area (Å²) in [7, 11) is 0. The van der Waals surface area contributed by atoms with Crippen molar-refractivity contribution in [1.29, 1.82) is 0 Å². The second kappa shape index (κ2) is 32.4. The molecule has 0 radical (unpaired) electrons. The van der Waals surface area contributed by atoms with Crippen molar-refractivity contribution < 1.29 is 24.2 Å². The second-order valence-electron chi connectivity index (χ2n) is 12.0. The summed E-state index contributed by atoms with van der Waals surface area (Å²) in [6.07, 6.45) is 32.9. The average molecular weight is 569 g/mol. The van der Waals surface area contributed by atoms with Crippen LogP contribution in [0.3, 0.4) is 0 Å². The van der Waals surface area contributed by atoms with Gasteiger partial charge in [0.25, 0.3) is 0 Å². The van der Waals surface area contributed by atoms with Gasteiger partial charge in [-0.2, -0.15) is 0 Å². The molecule has 0 saturated carbocycles. The Labute approximate surface area is 248 Å². The lowest BCUT2D eigenvalue weighted by Gasteiger charge is -2.12. The van der Waals surface area contributed by atoms with Gasteiger partial charge in [-0.15, -0.1) is 0 Å². The third-order valence-corrected chi connectivity index (χ3v) is 7.84. The Morgan fingerprint density at radius 1 is 0.425 bits per heavy atom. The highest BCUT2D eigenvalue weighted by Crippen LogP contribution is 2.14. The van der Waals surface area contributed by atoms with Crippen LogP contribution in [0.15, 0.2) is 0 Å². The van der Waals surface area contributed by atoms with Gasteiger partial charge in [0.2, 0.25) is 0 Å². The quantitative estimate of drug-likeness (QED) is 0.0645. The lowest BCUT2D eigenvalue weighted by Crippen LogP contribution is -2.25. The van der Waals surface area contributed by atoms with Crippen LogP contribution in [0.2, 0.25) is 0 Å². The predicted molar refractivity (Wildman–Crippen MR) is 169 cm³/mol. The fourth-order valence-electron chi connectivity index (χ4n) is 5.14. The number of aliphatic hydroxyl groups excluding tert-OH is 1. The molecule has 0 heterocycles. The van der Waals surface area contributed by atoms with E-state index in [0.717, 1.165) is 25.7 Å². The van der Waals surface area contributed by atoms with Crippen LogP contribution in [0, 0.1) is 0 Å². The summed E-state index contributed by atoms with van der Waals surface area (Å²) in [6, 6.07) is 0. The molecule has 5 heteroatoms. The predicted octanol–water partition coefficient (Wildman–Crippen LogP) is 10.4. The normalized spacial score (nSPS) is 12.0. The van der Waals surface area contributed by atoms with Gasteiger partial charge in [-0.3, -0.25) is 9.59 Å². The standard InChI is InChI=1S/C35H68O5/c1-3-5-7-9-11-13-15-17-18-20-22-24-26-28-30-35(38)40-32-33(36)31-39-34(37)29-27-25-23-21-19-16-14-12-10-8-6-4-2/h33,36H,3-32H2,1-2H3/t33-/m0/s1. The van der Waals surface area contributed by atoms with E-state index < -0.39 is 6.10 Å². The van der Waals surface area contributed by atoms with Crippen LogP contribution in [0.4, 0.5) is 0 Å². The summed E-state index contributed by atoms with van der Waals surface area (Å²) in [5.41, 5.74) is 0. The number of carbonyl (C=O) groups is 2. The molecule has 0 bridgehead atoms. The number of ether oxygens (including phenoxy) is 2. The molecule has 0 aromatic heterocycles. The minimum Gasteiger partial charge on any atom is -0.463 e. The van der Waals surface area contributed by atoms with Crippen LogP contribution in [0.5, 0.6) is 0 Å². The first-order chi connectivity index (χ1) is 19.6. The van der Waals surface area contributed by atoms with Gasteiger partial charge in [-0.25, -0.2) is 0 Å². The summed E-state index contributed by atoms with van der Waals surface area (Å²) in [6.45, 7) is 4.30. The van der Waals surface area contributed by atoms with Crippen molar-refractivity contribution >= 4 is 11.9 Å². The zero-order valence-corrected chi connectivity index (χ0v) is 26.9. The molecule has 0 fully saturated rings. The topological polar surface area (TPSA) is 72.8 Å². The van der Waals surface area contributed by atoms with Crippen molar-refractivity contribution in [3.63, 3.8) is 0 Å². The van der Waals surface area contributed by atoms with Crippen LogP contribution in [0.25, 0.3) is 0 Å². The van der Waals surface area contributed by atoms with Gasteiger partial charge >= 0.3 is 11.9 Å². The third-order valence-electron chi connectivity index (χ3n) is 7.84. The summed E-state index contributed by atoms with van der Waals surface area (Å²) >= 11 is 0. The van der Waals surface area contributed by atoms with Crippen molar-refractivity contribution in [2.75, 3.05) is 13.2 Å². The van der Waals surface area contributed by atoms with E-state index in [-0.39, 0.29) is 25.2 Å². The van der Waals surface area contributed by atoms with Gasteiger partial charge in [-0.1, -0.05) is 168 Å². The molecule has 0 spiro atoms. The van der Waals surface area contributed by atoms with Gasteiger partial charge < -0.3 is 14.6 Å². The first-order valence-electron chi connectivity index (χ1n) is 17.6. The van der Waals surface area contributed by atoms with Gasteiger partial charge in [0.05, 0.1) is 0 Å². The van der Waals surface area contributed by atoms with Crippen molar-refractivity contribution in [3.8, 4) is 0 Å². The molecule has 5 nitrogen and oxygen atoms in total. The van der Waals surface area contributed by atoms with Crippen LogP contribution in [-0.2, 0) is 19.1 Å². The number of rotatable bonds is 32. The Bertz CT molecular complexity index is 536. The molecule has 0 rings (SSSR count). The molecule has 0 aromatic rings. The smallest absolute Gasteiger partial charge is 0.305 e. The van der Waals surface area contributed by atoms with Crippen molar-refractivity contribution in [1.82, 2.24) is 0 Å². The van der Waals surface area contributed by atoms with E-state index in [1.807, 2.05) is 0 Å². The fourth-order valence-corrected chi connectivity index (χ4v) is 5.14. The monoisotopic (exact) mass is 569 g/mol. The molecule has 40 heavy (non-hydrogen) atoms. The van der Waals surface area contributed by atoms with Gasteiger partial charge in [-0.05, 0) is 12.8 Å². The van der Waals surface area contributed by atoms with E-state index in [4.69, 9.17) is 9.47 Å². The lowest BCUT2D eigenvalue weighted by atomic mass is 10.0. The minimum atomic E-state index is -0.953. The van der Waals surface area contributed by atoms with E-state index >= 15 is 0 Å². The van der Waals surface area contributed by atoms with E-state index in [1.54, 1.807) is 0 Å². The van der Waals surface area contributed by atoms with Crippen molar-refractivity contribution in [2.24, 2.45) is 0 Å². The van der Waals surface area contributed by atoms with Crippen LogP contribution < -0.4 is 0 Å². The zero-order chi connectivity index (χ0) is 29.4. The summed E-state index contributed by atoms with van der Waals surface area (Å²) in [5, 5.41) is 9.96. The van der Waals surface area contributed by atoms with Crippen molar-refractivity contribution in [3.05, 3.63) is 0 Å². The number of hydrogen-bond acceptors (Lipinski definition) is 5. The van der Waals surface area contributed by atoms with Crippen LogP contribution >= 0.6 is 0 Å². The lowest BCUT2D eigenvalue weighted by molar-refractivity contribution is -0.152. The number of esters is 2. The fraction of sp³-hybridized carbons (Fsp3) is 0.943. The molecule has 1 N–H and O–H groups in total. The average Bonchev–Trinajstić information content (AvgIpc) is 2.95. The Hall–Kier alpha value is -1.10. The Morgan fingerprint density at radius 2 is 0.650 bits per heavy atom. The van der Waals surface area contributed by atoms with Crippen LogP contribution in [-0.4, -0.2) is 36.4 Å². The molecule has 0 aliphatic rings.